The molecule has 0 unspecified atom stereocenters. The predicted octanol–water partition coefficient (Wildman–Crippen LogP) is 4.11. The summed E-state index contributed by atoms with van der Waals surface area (Å²) in [5.74, 6) is 0.434. The van der Waals surface area contributed by atoms with E-state index in [4.69, 9.17) is 0 Å². The molecular formula is C14H20F3NO. The molecule has 0 amide bonds. The lowest BCUT2D eigenvalue weighted by Crippen LogP contribution is -2.22. The summed E-state index contributed by atoms with van der Waals surface area (Å²) >= 11 is 0. The van der Waals surface area contributed by atoms with E-state index >= 15 is 0 Å². The molecule has 0 aliphatic heterocycles. The number of hydrogen-bond donors (Lipinski definition) is 1. The molecule has 108 valence electrons. The highest BCUT2D eigenvalue weighted by atomic mass is 19.4. The number of alkyl halides is 3. The standard InChI is InChI=1S/C14H20F3NO/c1-3-11(4-2)9-18-10-12-6-5-7-13(8-12)19-14(15,16)17/h5-8,11,18H,3-4,9-10H2,1-2H3. The summed E-state index contributed by atoms with van der Waals surface area (Å²) in [5.41, 5.74) is 0.785. The number of halogens is 3. The first-order valence-electron chi connectivity index (χ1n) is 6.50. The van der Waals surface area contributed by atoms with Gasteiger partial charge in [0.2, 0.25) is 0 Å². The third-order valence-electron chi connectivity index (χ3n) is 3.05. The van der Waals surface area contributed by atoms with Crippen molar-refractivity contribution in [1.82, 2.24) is 5.32 Å². The molecule has 1 rings (SSSR count). The van der Waals surface area contributed by atoms with E-state index in [0.717, 1.165) is 24.9 Å². The normalized spacial score (nSPS) is 11.9. The van der Waals surface area contributed by atoms with Crippen molar-refractivity contribution in [3.05, 3.63) is 29.8 Å². The largest absolute Gasteiger partial charge is 0.573 e. The van der Waals surface area contributed by atoms with E-state index in [-0.39, 0.29) is 5.75 Å². The van der Waals surface area contributed by atoms with Gasteiger partial charge in [0.1, 0.15) is 5.75 Å². The molecule has 0 fully saturated rings. The lowest BCUT2D eigenvalue weighted by Gasteiger charge is -2.14. The molecule has 1 aromatic rings. The van der Waals surface area contributed by atoms with Gasteiger partial charge in [-0.25, -0.2) is 0 Å². The molecule has 0 saturated carbocycles. The highest BCUT2D eigenvalue weighted by Gasteiger charge is 2.31. The summed E-state index contributed by atoms with van der Waals surface area (Å²) in [6.45, 7) is 5.68. The van der Waals surface area contributed by atoms with Crippen LogP contribution in [0.2, 0.25) is 0 Å². The van der Waals surface area contributed by atoms with Crippen molar-refractivity contribution >= 4 is 0 Å². The second-order valence-corrected chi connectivity index (χ2v) is 4.51. The molecule has 0 atom stereocenters. The van der Waals surface area contributed by atoms with Crippen molar-refractivity contribution in [2.75, 3.05) is 6.54 Å². The Kier molecular flexibility index (Phi) is 6.15. The third-order valence-corrected chi connectivity index (χ3v) is 3.05. The molecule has 0 aliphatic carbocycles. The van der Waals surface area contributed by atoms with E-state index in [1.54, 1.807) is 12.1 Å². The minimum atomic E-state index is -4.64. The molecule has 0 heterocycles. The second-order valence-electron chi connectivity index (χ2n) is 4.51. The number of ether oxygens (including phenoxy) is 1. The van der Waals surface area contributed by atoms with Crippen molar-refractivity contribution in [2.24, 2.45) is 5.92 Å². The third kappa shape index (κ3) is 6.47. The van der Waals surface area contributed by atoms with Crippen molar-refractivity contribution in [2.45, 2.75) is 39.6 Å². The maximum Gasteiger partial charge on any atom is 0.573 e. The van der Waals surface area contributed by atoms with Gasteiger partial charge < -0.3 is 10.1 Å². The quantitative estimate of drug-likeness (QED) is 0.808. The smallest absolute Gasteiger partial charge is 0.406 e. The van der Waals surface area contributed by atoms with Crippen LogP contribution < -0.4 is 10.1 Å². The molecule has 0 aliphatic rings. The molecule has 0 aromatic heterocycles. The van der Waals surface area contributed by atoms with Crippen LogP contribution in [0.5, 0.6) is 5.75 Å². The molecule has 0 bridgehead atoms. The summed E-state index contributed by atoms with van der Waals surface area (Å²) in [6.07, 6.45) is -2.44. The number of hydrogen-bond acceptors (Lipinski definition) is 2. The molecule has 1 N–H and O–H groups in total. The van der Waals surface area contributed by atoms with Gasteiger partial charge in [0.25, 0.3) is 0 Å². The Bertz CT molecular complexity index is 375. The number of benzene rings is 1. The highest BCUT2D eigenvalue weighted by Crippen LogP contribution is 2.23. The Hall–Kier alpha value is -1.23. The minimum Gasteiger partial charge on any atom is -0.406 e. The van der Waals surface area contributed by atoms with E-state index in [9.17, 15) is 13.2 Å². The van der Waals surface area contributed by atoms with Gasteiger partial charge in [-0.1, -0.05) is 38.8 Å². The average Bonchev–Trinajstić information content (AvgIpc) is 2.33. The Morgan fingerprint density at radius 3 is 2.47 bits per heavy atom. The van der Waals surface area contributed by atoms with Crippen molar-refractivity contribution in [1.29, 1.82) is 0 Å². The van der Waals surface area contributed by atoms with E-state index in [0.29, 0.717) is 12.5 Å². The first kappa shape index (κ1) is 15.8. The van der Waals surface area contributed by atoms with Gasteiger partial charge >= 0.3 is 6.36 Å². The van der Waals surface area contributed by atoms with E-state index in [1.165, 1.54) is 12.1 Å². The van der Waals surface area contributed by atoms with Crippen LogP contribution in [0.15, 0.2) is 24.3 Å². The molecule has 1 aromatic carbocycles. The first-order chi connectivity index (χ1) is 8.94. The van der Waals surface area contributed by atoms with Crippen LogP contribution in [0.25, 0.3) is 0 Å². The van der Waals surface area contributed by atoms with Crippen LogP contribution in [0.4, 0.5) is 13.2 Å². The minimum absolute atomic E-state index is 0.172. The Labute approximate surface area is 112 Å². The first-order valence-corrected chi connectivity index (χ1v) is 6.50. The Balaban J connectivity index is 2.48. The summed E-state index contributed by atoms with van der Waals surface area (Å²) in [6, 6.07) is 6.06. The lowest BCUT2D eigenvalue weighted by molar-refractivity contribution is -0.274. The molecule has 19 heavy (non-hydrogen) atoms. The van der Waals surface area contributed by atoms with Crippen LogP contribution >= 0.6 is 0 Å². The van der Waals surface area contributed by atoms with Gasteiger partial charge in [0, 0.05) is 6.54 Å². The van der Waals surface area contributed by atoms with Gasteiger partial charge in [0.05, 0.1) is 0 Å². The van der Waals surface area contributed by atoms with Crippen LogP contribution in [0.1, 0.15) is 32.3 Å². The molecule has 0 radical (unpaired) electrons. The molecular weight excluding hydrogens is 255 g/mol. The Morgan fingerprint density at radius 1 is 1.21 bits per heavy atom. The topological polar surface area (TPSA) is 21.3 Å². The summed E-state index contributed by atoms with van der Waals surface area (Å²) < 4.78 is 40.1. The van der Waals surface area contributed by atoms with Gasteiger partial charge in [-0.15, -0.1) is 13.2 Å². The number of rotatable bonds is 7. The fraction of sp³-hybridized carbons (Fsp3) is 0.571. The SMILES string of the molecule is CCC(CC)CNCc1cccc(OC(F)(F)F)c1. The zero-order valence-corrected chi connectivity index (χ0v) is 11.3. The highest BCUT2D eigenvalue weighted by molar-refractivity contribution is 5.28. The number of nitrogens with one attached hydrogen (secondary N) is 1. The van der Waals surface area contributed by atoms with E-state index in [1.807, 2.05) is 0 Å². The second kappa shape index (κ2) is 7.38. The molecule has 5 heteroatoms. The average molecular weight is 275 g/mol. The van der Waals surface area contributed by atoms with E-state index < -0.39 is 6.36 Å². The zero-order chi connectivity index (χ0) is 14.3. The van der Waals surface area contributed by atoms with Crippen molar-refractivity contribution in [3.63, 3.8) is 0 Å². The fourth-order valence-electron chi connectivity index (χ4n) is 1.85. The summed E-state index contributed by atoms with van der Waals surface area (Å²) in [5, 5.41) is 3.26. The molecule has 0 spiro atoms. The van der Waals surface area contributed by atoms with Gasteiger partial charge in [0.15, 0.2) is 0 Å². The van der Waals surface area contributed by atoms with Crippen LogP contribution in [0.3, 0.4) is 0 Å². The van der Waals surface area contributed by atoms with Gasteiger partial charge in [-0.3, -0.25) is 0 Å². The van der Waals surface area contributed by atoms with Crippen LogP contribution in [-0.4, -0.2) is 12.9 Å². The molecule has 2 nitrogen and oxygen atoms in total. The Morgan fingerprint density at radius 2 is 1.89 bits per heavy atom. The molecule has 0 saturated heterocycles. The monoisotopic (exact) mass is 275 g/mol. The predicted molar refractivity (Wildman–Crippen MR) is 68.9 cm³/mol. The van der Waals surface area contributed by atoms with Gasteiger partial charge in [-0.05, 0) is 30.2 Å². The van der Waals surface area contributed by atoms with E-state index in [2.05, 4.69) is 23.9 Å². The maximum atomic E-state index is 12.1. The van der Waals surface area contributed by atoms with Crippen LogP contribution in [-0.2, 0) is 6.54 Å². The van der Waals surface area contributed by atoms with Crippen molar-refractivity contribution < 1.29 is 17.9 Å². The maximum absolute atomic E-state index is 12.1. The fourth-order valence-corrected chi connectivity index (χ4v) is 1.85. The van der Waals surface area contributed by atoms with Crippen molar-refractivity contribution in [3.8, 4) is 5.75 Å². The summed E-state index contributed by atoms with van der Waals surface area (Å²) in [4.78, 5) is 0. The van der Waals surface area contributed by atoms with Gasteiger partial charge in [-0.2, -0.15) is 0 Å². The summed E-state index contributed by atoms with van der Waals surface area (Å²) in [7, 11) is 0. The van der Waals surface area contributed by atoms with Crippen LogP contribution in [0, 0.1) is 5.92 Å². The zero-order valence-electron chi connectivity index (χ0n) is 11.3. The lowest BCUT2D eigenvalue weighted by atomic mass is 10.0.